The zero-order chi connectivity index (χ0) is 12.7. The van der Waals surface area contributed by atoms with Gasteiger partial charge in [0.1, 0.15) is 0 Å². The minimum atomic E-state index is -0.753. The van der Waals surface area contributed by atoms with Gasteiger partial charge in [-0.3, -0.25) is 4.79 Å². The number of hydrogen-bond acceptors (Lipinski definition) is 2. The van der Waals surface area contributed by atoms with Crippen molar-refractivity contribution in [3.8, 4) is 6.07 Å². The molecule has 3 rings (SSSR count). The van der Waals surface area contributed by atoms with E-state index in [0.717, 1.165) is 29.6 Å². The van der Waals surface area contributed by atoms with E-state index in [1.807, 2.05) is 18.2 Å². The van der Waals surface area contributed by atoms with E-state index in [0.29, 0.717) is 5.56 Å². The van der Waals surface area contributed by atoms with Gasteiger partial charge >= 0.3 is 5.97 Å². The van der Waals surface area contributed by atoms with Crippen LogP contribution < -0.4 is 0 Å². The Bertz CT molecular complexity index is 679. The topological polar surface area (TPSA) is 66.0 Å². The molecule has 0 aliphatic carbocycles. The van der Waals surface area contributed by atoms with Gasteiger partial charge in [0.05, 0.1) is 18.1 Å². The molecule has 1 aliphatic heterocycles. The quantitative estimate of drug-likeness (QED) is 0.876. The first-order chi connectivity index (χ1) is 8.69. The van der Waals surface area contributed by atoms with E-state index in [1.54, 1.807) is 6.07 Å². The fourth-order valence-corrected chi connectivity index (χ4v) is 2.80. The van der Waals surface area contributed by atoms with E-state index in [2.05, 4.69) is 10.6 Å². The first-order valence-electron chi connectivity index (χ1n) is 5.94. The van der Waals surface area contributed by atoms with Crippen LogP contribution in [0.15, 0.2) is 24.3 Å². The average molecular weight is 240 g/mol. The second-order valence-corrected chi connectivity index (χ2v) is 4.69. The number of aliphatic carboxylic acids is 1. The molecule has 2 heterocycles. The number of nitriles is 1. The van der Waals surface area contributed by atoms with Gasteiger partial charge in [0.2, 0.25) is 0 Å². The Kier molecular flexibility index (Phi) is 2.34. The number of carboxylic acids is 1. The molecule has 0 bridgehead atoms. The molecule has 1 N–H and O–H groups in total. The molecule has 1 atom stereocenters. The van der Waals surface area contributed by atoms with Crippen LogP contribution in [0.2, 0.25) is 0 Å². The summed E-state index contributed by atoms with van der Waals surface area (Å²) < 4.78 is 2.17. The van der Waals surface area contributed by atoms with Gasteiger partial charge in [-0.05, 0) is 30.7 Å². The van der Waals surface area contributed by atoms with Gasteiger partial charge in [-0.1, -0.05) is 0 Å². The van der Waals surface area contributed by atoms with Crippen molar-refractivity contribution in [2.45, 2.75) is 25.3 Å². The summed E-state index contributed by atoms with van der Waals surface area (Å²) in [7, 11) is 0. The van der Waals surface area contributed by atoms with Gasteiger partial charge in [-0.25, -0.2) is 0 Å². The molecule has 2 aromatic rings. The molecule has 1 aromatic heterocycles. The highest BCUT2D eigenvalue weighted by Crippen LogP contribution is 2.36. The molecule has 0 saturated carbocycles. The highest BCUT2D eigenvalue weighted by molar-refractivity contribution is 5.83. The van der Waals surface area contributed by atoms with Gasteiger partial charge in [-0.15, -0.1) is 0 Å². The molecule has 1 aliphatic rings. The lowest BCUT2D eigenvalue weighted by atomic mass is 10.0. The van der Waals surface area contributed by atoms with Gasteiger partial charge < -0.3 is 9.67 Å². The Balaban J connectivity index is 2.09. The third-order valence-electron chi connectivity index (χ3n) is 3.60. The largest absolute Gasteiger partial charge is 0.481 e. The van der Waals surface area contributed by atoms with Crippen molar-refractivity contribution in [1.29, 1.82) is 5.26 Å². The summed E-state index contributed by atoms with van der Waals surface area (Å²) in [5, 5.41) is 18.8. The maximum absolute atomic E-state index is 10.8. The summed E-state index contributed by atoms with van der Waals surface area (Å²) in [6.07, 6.45) is 1.07. The highest BCUT2D eigenvalue weighted by atomic mass is 16.4. The molecule has 0 radical (unpaired) electrons. The normalized spacial score (nSPS) is 17.6. The van der Waals surface area contributed by atoms with E-state index < -0.39 is 5.97 Å². The molecule has 4 heteroatoms. The minimum absolute atomic E-state index is 0.0976. The third-order valence-corrected chi connectivity index (χ3v) is 3.60. The second kappa shape index (κ2) is 3.88. The summed E-state index contributed by atoms with van der Waals surface area (Å²) in [6, 6.07) is 9.76. The van der Waals surface area contributed by atoms with Crippen molar-refractivity contribution >= 4 is 16.9 Å². The third kappa shape index (κ3) is 1.56. The molecule has 0 saturated heterocycles. The number of rotatable bonds is 2. The molecule has 0 fully saturated rings. The lowest BCUT2D eigenvalue weighted by Crippen LogP contribution is -2.02. The summed E-state index contributed by atoms with van der Waals surface area (Å²) >= 11 is 0. The van der Waals surface area contributed by atoms with Gasteiger partial charge in [0, 0.05) is 29.1 Å². The van der Waals surface area contributed by atoms with Crippen LogP contribution in [0, 0.1) is 11.3 Å². The molecular formula is C14H12N2O2. The standard InChI is InChI=1S/C14H12N2O2/c15-8-9-1-2-12-11(5-9)6-13-10(7-14(17)18)3-4-16(12)13/h1-2,5-6,10H,3-4,7H2,(H,17,18). The Morgan fingerprint density at radius 2 is 2.33 bits per heavy atom. The van der Waals surface area contributed by atoms with Crippen LogP contribution in [-0.4, -0.2) is 15.6 Å². The van der Waals surface area contributed by atoms with Gasteiger partial charge in [0.15, 0.2) is 0 Å². The number of hydrogen-bond donors (Lipinski definition) is 1. The Hall–Kier alpha value is -2.28. The molecule has 1 aromatic carbocycles. The smallest absolute Gasteiger partial charge is 0.304 e. The highest BCUT2D eigenvalue weighted by Gasteiger charge is 2.26. The van der Waals surface area contributed by atoms with Crippen molar-refractivity contribution in [2.75, 3.05) is 0 Å². The summed E-state index contributed by atoms with van der Waals surface area (Å²) in [5.74, 6) is -0.656. The van der Waals surface area contributed by atoms with E-state index in [4.69, 9.17) is 10.4 Å². The molecule has 1 unspecified atom stereocenters. The second-order valence-electron chi connectivity index (χ2n) is 4.69. The maximum atomic E-state index is 10.8. The number of aryl methyl sites for hydroxylation is 1. The Morgan fingerprint density at radius 1 is 1.50 bits per heavy atom. The van der Waals surface area contributed by atoms with Crippen LogP contribution in [0.5, 0.6) is 0 Å². The fraction of sp³-hybridized carbons (Fsp3) is 0.286. The van der Waals surface area contributed by atoms with Crippen LogP contribution in [0.3, 0.4) is 0 Å². The maximum Gasteiger partial charge on any atom is 0.304 e. The van der Waals surface area contributed by atoms with E-state index in [-0.39, 0.29) is 12.3 Å². The van der Waals surface area contributed by atoms with Gasteiger partial charge in [-0.2, -0.15) is 5.26 Å². The number of benzene rings is 1. The molecule has 4 nitrogen and oxygen atoms in total. The van der Waals surface area contributed by atoms with E-state index >= 15 is 0 Å². The first kappa shape index (κ1) is 10.8. The summed E-state index contributed by atoms with van der Waals surface area (Å²) in [4.78, 5) is 10.8. The minimum Gasteiger partial charge on any atom is -0.481 e. The summed E-state index contributed by atoms with van der Waals surface area (Å²) in [5.41, 5.74) is 2.82. The zero-order valence-corrected chi connectivity index (χ0v) is 9.76. The van der Waals surface area contributed by atoms with Crippen molar-refractivity contribution in [1.82, 2.24) is 4.57 Å². The molecule has 18 heavy (non-hydrogen) atoms. The van der Waals surface area contributed by atoms with E-state index in [9.17, 15) is 4.79 Å². The molecular weight excluding hydrogens is 228 g/mol. The fourth-order valence-electron chi connectivity index (χ4n) is 2.80. The zero-order valence-electron chi connectivity index (χ0n) is 9.76. The monoisotopic (exact) mass is 240 g/mol. The van der Waals surface area contributed by atoms with Crippen LogP contribution in [0.25, 0.3) is 10.9 Å². The number of aromatic nitrogens is 1. The SMILES string of the molecule is N#Cc1ccc2c(c1)cc1n2CCC1CC(=O)O. The van der Waals surface area contributed by atoms with Crippen LogP contribution >= 0.6 is 0 Å². The number of carboxylic acid groups (broad SMARTS) is 1. The predicted molar refractivity (Wildman–Crippen MR) is 66.3 cm³/mol. The number of fused-ring (bicyclic) bond motifs is 3. The lowest BCUT2D eigenvalue weighted by molar-refractivity contribution is -0.137. The number of nitrogens with zero attached hydrogens (tertiary/aromatic N) is 2. The van der Waals surface area contributed by atoms with Crippen LogP contribution in [-0.2, 0) is 11.3 Å². The van der Waals surface area contributed by atoms with Crippen molar-refractivity contribution in [3.05, 3.63) is 35.5 Å². The van der Waals surface area contributed by atoms with Crippen LogP contribution in [0.4, 0.5) is 0 Å². The Morgan fingerprint density at radius 3 is 3.06 bits per heavy atom. The van der Waals surface area contributed by atoms with Crippen LogP contribution in [0.1, 0.15) is 30.0 Å². The molecule has 90 valence electrons. The average Bonchev–Trinajstić information content (AvgIpc) is 2.88. The predicted octanol–water partition coefficient (Wildman–Crippen LogP) is 2.47. The van der Waals surface area contributed by atoms with Crippen molar-refractivity contribution in [3.63, 3.8) is 0 Å². The first-order valence-corrected chi connectivity index (χ1v) is 5.94. The van der Waals surface area contributed by atoms with Crippen molar-refractivity contribution in [2.24, 2.45) is 0 Å². The molecule has 0 spiro atoms. The molecule has 0 amide bonds. The van der Waals surface area contributed by atoms with E-state index in [1.165, 1.54) is 0 Å². The van der Waals surface area contributed by atoms with Crippen molar-refractivity contribution < 1.29 is 9.90 Å². The number of carbonyl (C=O) groups is 1. The lowest BCUT2D eigenvalue weighted by Gasteiger charge is -2.04. The summed E-state index contributed by atoms with van der Waals surface area (Å²) in [6.45, 7) is 0.864. The Labute approximate surface area is 104 Å². The van der Waals surface area contributed by atoms with Gasteiger partial charge in [0.25, 0.3) is 0 Å².